The molecule has 2 aromatic rings. The normalized spacial score (nSPS) is 12.3. The smallest absolute Gasteiger partial charge is 0.119 e. The Balaban J connectivity index is 1.80. The first-order valence-corrected chi connectivity index (χ1v) is 7.66. The van der Waals surface area contributed by atoms with Gasteiger partial charge < -0.3 is 10.1 Å². The van der Waals surface area contributed by atoms with Crippen molar-refractivity contribution in [2.75, 3.05) is 13.2 Å². The van der Waals surface area contributed by atoms with E-state index in [0.29, 0.717) is 12.6 Å². The second kappa shape index (κ2) is 7.31. The number of rotatable bonds is 7. The van der Waals surface area contributed by atoms with Crippen molar-refractivity contribution in [1.82, 2.24) is 5.32 Å². The number of ether oxygens (including phenoxy) is 1. The van der Waals surface area contributed by atoms with Crippen LogP contribution in [-0.2, 0) is 6.42 Å². The van der Waals surface area contributed by atoms with Crippen LogP contribution in [-0.4, -0.2) is 13.2 Å². The fourth-order valence-electron chi connectivity index (χ4n) is 2.00. The van der Waals surface area contributed by atoms with E-state index < -0.39 is 0 Å². The molecule has 0 saturated heterocycles. The average Bonchev–Trinajstić information content (AvgIpc) is 2.93. The average molecular weight is 275 g/mol. The summed E-state index contributed by atoms with van der Waals surface area (Å²) in [5, 5.41) is 5.68. The molecule has 1 atom stereocenters. The van der Waals surface area contributed by atoms with Gasteiger partial charge in [0.05, 0.1) is 6.61 Å². The molecule has 0 bridgehead atoms. The van der Waals surface area contributed by atoms with Gasteiger partial charge in [0.1, 0.15) is 5.75 Å². The third-order valence-corrected chi connectivity index (χ3v) is 4.03. The Kier molecular flexibility index (Phi) is 5.43. The zero-order valence-electron chi connectivity index (χ0n) is 11.6. The molecule has 0 amide bonds. The lowest BCUT2D eigenvalue weighted by molar-refractivity contribution is 0.340. The lowest BCUT2D eigenvalue weighted by Gasteiger charge is -2.14. The van der Waals surface area contributed by atoms with Gasteiger partial charge in [-0.15, -0.1) is 11.3 Å². The van der Waals surface area contributed by atoms with Gasteiger partial charge in [-0.1, -0.05) is 18.2 Å². The zero-order chi connectivity index (χ0) is 13.5. The van der Waals surface area contributed by atoms with E-state index in [2.05, 4.69) is 41.9 Å². The number of hydrogen-bond acceptors (Lipinski definition) is 3. The molecule has 19 heavy (non-hydrogen) atoms. The molecule has 1 unspecified atom stereocenters. The van der Waals surface area contributed by atoms with Crippen molar-refractivity contribution in [2.24, 2.45) is 0 Å². The molecule has 0 radical (unpaired) electrons. The van der Waals surface area contributed by atoms with Gasteiger partial charge in [0.15, 0.2) is 0 Å². The molecule has 1 aromatic heterocycles. The van der Waals surface area contributed by atoms with E-state index in [1.54, 1.807) is 0 Å². The zero-order valence-corrected chi connectivity index (χ0v) is 12.4. The third-order valence-electron chi connectivity index (χ3n) is 3.09. The molecule has 0 saturated carbocycles. The van der Waals surface area contributed by atoms with Gasteiger partial charge in [0.25, 0.3) is 0 Å². The minimum atomic E-state index is 0.371. The van der Waals surface area contributed by atoms with Gasteiger partial charge in [-0.05, 0) is 49.4 Å². The van der Waals surface area contributed by atoms with Crippen LogP contribution >= 0.6 is 11.3 Å². The Morgan fingerprint density at radius 2 is 2.00 bits per heavy atom. The number of benzene rings is 1. The summed E-state index contributed by atoms with van der Waals surface area (Å²) in [6, 6.07) is 13.0. The predicted molar refractivity (Wildman–Crippen MR) is 82.1 cm³/mol. The Morgan fingerprint density at radius 3 is 2.63 bits per heavy atom. The van der Waals surface area contributed by atoms with Crippen molar-refractivity contribution in [1.29, 1.82) is 0 Å². The van der Waals surface area contributed by atoms with Crippen LogP contribution in [0.2, 0.25) is 0 Å². The van der Waals surface area contributed by atoms with E-state index >= 15 is 0 Å². The molecule has 2 rings (SSSR count). The SMILES string of the molecule is CCOc1ccc(C(C)NCCc2cccs2)cc1. The van der Waals surface area contributed by atoms with Gasteiger partial charge in [0.2, 0.25) is 0 Å². The van der Waals surface area contributed by atoms with Crippen LogP contribution < -0.4 is 10.1 Å². The third kappa shape index (κ3) is 4.37. The summed E-state index contributed by atoms with van der Waals surface area (Å²) < 4.78 is 5.45. The molecule has 1 heterocycles. The largest absolute Gasteiger partial charge is 0.494 e. The van der Waals surface area contributed by atoms with Crippen molar-refractivity contribution < 1.29 is 4.74 Å². The molecule has 3 heteroatoms. The van der Waals surface area contributed by atoms with Crippen molar-refractivity contribution in [3.05, 3.63) is 52.2 Å². The Morgan fingerprint density at radius 1 is 1.21 bits per heavy atom. The van der Waals surface area contributed by atoms with E-state index in [4.69, 9.17) is 4.74 Å². The monoisotopic (exact) mass is 275 g/mol. The van der Waals surface area contributed by atoms with Crippen molar-refractivity contribution in [2.45, 2.75) is 26.3 Å². The summed E-state index contributed by atoms with van der Waals surface area (Å²) in [5.74, 6) is 0.942. The molecular formula is C16H21NOS. The summed E-state index contributed by atoms with van der Waals surface area (Å²) in [5.41, 5.74) is 1.30. The van der Waals surface area contributed by atoms with Crippen LogP contribution in [0, 0.1) is 0 Å². The van der Waals surface area contributed by atoms with E-state index in [1.807, 2.05) is 30.4 Å². The molecule has 2 nitrogen and oxygen atoms in total. The summed E-state index contributed by atoms with van der Waals surface area (Å²) in [6.07, 6.45) is 1.10. The molecule has 1 aromatic carbocycles. The van der Waals surface area contributed by atoms with Crippen LogP contribution in [0.1, 0.15) is 30.3 Å². The van der Waals surface area contributed by atoms with Gasteiger partial charge >= 0.3 is 0 Å². The Labute approximate surface area is 119 Å². The van der Waals surface area contributed by atoms with Crippen molar-refractivity contribution >= 4 is 11.3 Å². The van der Waals surface area contributed by atoms with E-state index in [1.165, 1.54) is 10.4 Å². The highest BCUT2D eigenvalue weighted by Crippen LogP contribution is 2.17. The van der Waals surface area contributed by atoms with Crippen LogP contribution in [0.5, 0.6) is 5.75 Å². The highest BCUT2D eigenvalue weighted by Gasteiger charge is 2.04. The Bertz CT molecular complexity index is 464. The first-order chi connectivity index (χ1) is 9.29. The second-order valence-electron chi connectivity index (χ2n) is 4.51. The molecular weight excluding hydrogens is 254 g/mol. The molecule has 0 aliphatic carbocycles. The molecule has 1 N–H and O–H groups in total. The molecule has 0 aliphatic heterocycles. The highest BCUT2D eigenvalue weighted by molar-refractivity contribution is 7.09. The van der Waals surface area contributed by atoms with E-state index in [-0.39, 0.29) is 0 Å². The maximum atomic E-state index is 5.45. The number of nitrogens with one attached hydrogen (secondary N) is 1. The fraction of sp³-hybridized carbons (Fsp3) is 0.375. The molecule has 0 spiro atoms. The first kappa shape index (κ1) is 14.1. The van der Waals surface area contributed by atoms with Gasteiger partial charge in [-0.2, -0.15) is 0 Å². The summed E-state index contributed by atoms with van der Waals surface area (Å²) in [6.45, 7) is 5.93. The van der Waals surface area contributed by atoms with Gasteiger partial charge in [-0.25, -0.2) is 0 Å². The summed E-state index contributed by atoms with van der Waals surface area (Å²) in [4.78, 5) is 1.44. The highest BCUT2D eigenvalue weighted by atomic mass is 32.1. The maximum Gasteiger partial charge on any atom is 0.119 e. The second-order valence-corrected chi connectivity index (χ2v) is 5.54. The van der Waals surface area contributed by atoms with Gasteiger partial charge in [0, 0.05) is 17.5 Å². The molecule has 0 aliphatic rings. The minimum absolute atomic E-state index is 0.371. The summed E-state index contributed by atoms with van der Waals surface area (Å²) >= 11 is 1.82. The predicted octanol–water partition coefficient (Wildman–Crippen LogP) is 4.04. The van der Waals surface area contributed by atoms with E-state index in [0.717, 1.165) is 18.7 Å². The first-order valence-electron chi connectivity index (χ1n) is 6.78. The Hall–Kier alpha value is -1.32. The standard InChI is InChI=1S/C16H21NOS/c1-3-18-15-8-6-14(7-9-15)13(2)17-11-10-16-5-4-12-19-16/h4-9,12-13,17H,3,10-11H2,1-2H3. The van der Waals surface area contributed by atoms with Crippen LogP contribution in [0.4, 0.5) is 0 Å². The van der Waals surface area contributed by atoms with Crippen molar-refractivity contribution in [3.8, 4) is 5.75 Å². The van der Waals surface area contributed by atoms with Crippen LogP contribution in [0.25, 0.3) is 0 Å². The number of thiophene rings is 1. The minimum Gasteiger partial charge on any atom is -0.494 e. The number of hydrogen-bond donors (Lipinski definition) is 1. The van der Waals surface area contributed by atoms with E-state index in [9.17, 15) is 0 Å². The van der Waals surface area contributed by atoms with Gasteiger partial charge in [-0.3, -0.25) is 0 Å². The van der Waals surface area contributed by atoms with Crippen LogP contribution in [0.3, 0.4) is 0 Å². The maximum absolute atomic E-state index is 5.45. The topological polar surface area (TPSA) is 21.3 Å². The lowest BCUT2D eigenvalue weighted by atomic mass is 10.1. The van der Waals surface area contributed by atoms with Crippen molar-refractivity contribution in [3.63, 3.8) is 0 Å². The molecule has 0 fully saturated rings. The lowest BCUT2D eigenvalue weighted by Crippen LogP contribution is -2.21. The fourth-order valence-corrected chi connectivity index (χ4v) is 2.71. The summed E-state index contributed by atoms with van der Waals surface area (Å²) in [7, 11) is 0. The quantitative estimate of drug-likeness (QED) is 0.823. The van der Waals surface area contributed by atoms with Crippen LogP contribution in [0.15, 0.2) is 41.8 Å². The molecule has 102 valence electrons.